The highest BCUT2D eigenvalue weighted by atomic mass is 27.1. The van der Waals surface area contributed by atoms with Crippen molar-refractivity contribution in [3.05, 3.63) is 0 Å². The van der Waals surface area contributed by atoms with Crippen LogP contribution in [0.3, 0.4) is 0 Å². The van der Waals surface area contributed by atoms with E-state index in [1.807, 2.05) is 0 Å². The highest BCUT2D eigenvalue weighted by Crippen LogP contribution is 2.04. The van der Waals surface area contributed by atoms with Gasteiger partial charge in [-0.15, -0.1) is 0 Å². The Labute approximate surface area is 51.1 Å². The Bertz CT molecular complexity index is 27.7. The molecular weight excluding hydrogens is 103 g/mol. The lowest BCUT2D eigenvalue weighted by molar-refractivity contribution is 0.336. The number of hydrogen-bond donors (Lipinski definition) is 0. The summed E-state index contributed by atoms with van der Waals surface area (Å²) in [4.78, 5) is 0. The van der Waals surface area contributed by atoms with Gasteiger partial charge < -0.3 is 3.79 Å². The van der Waals surface area contributed by atoms with Crippen LogP contribution in [-0.4, -0.2) is 22.2 Å². The summed E-state index contributed by atoms with van der Waals surface area (Å²) in [6.07, 6.45) is 4.11. The van der Waals surface area contributed by atoms with E-state index in [2.05, 4.69) is 0 Å². The van der Waals surface area contributed by atoms with Crippen molar-refractivity contribution in [3.63, 3.8) is 0 Å². The smallest absolute Gasteiger partial charge is 0.423 e. The van der Waals surface area contributed by atoms with E-state index in [0.29, 0.717) is 15.6 Å². The molecule has 1 aliphatic heterocycles. The molecule has 1 rings (SSSR count). The van der Waals surface area contributed by atoms with Crippen molar-refractivity contribution >= 4 is 15.6 Å². The van der Waals surface area contributed by atoms with E-state index in [4.69, 9.17) is 3.79 Å². The van der Waals surface area contributed by atoms with Crippen molar-refractivity contribution in [2.45, 2.75) is 24.5 Å². The van der Waals surface area contributed by atoms with E-state index in [9.17, 15) is 0 Å². The molecule has 1 fully saturated rings. The second-order valence-electron chi connectivity index (χ2n) is 1.89. The summed E-state index contributed by atoms with van der Waals surface area (Å²) >= 11 is 0.384. The standard InChI is InChI=1S/C5H10O.Al/c1-2-3-4-5-6;/h1-5H2;/q-1;+1. The van der Waals surface area contributed by atoms with Crippen LogP contribution in [0.25, 0.3) is 0 Å². The predicted octanol–water partition coefficient (Wildman–Crippen LogP) is 1.22. The van der Waals surface area contributed by atoms with Crippen molar-refractivity contribution in [1.29, 1.82) is 0 Å². The third kappa shape index (κ3) is 2.33. The summed E-state index contributed by atoms with van der Waals surface area (Å²) in [6, 6.07) is 0. The maximum atomic E-state index is 5.28. The number of rotatable bonds is 0. The zero-order valence-electron chi connectivity index (χ0n) is 4.52. The van der Waals surface area contributed by atoms with Crippen LogP contribution in [0.4, 0.5) is 0 Å². The Morgan fingerprint density at radius 1 is 1.14 bits per heavy atom. The third-order valence-electron chi connectivity index (χ3n) is 1.20. The van der Waals surface area contributed by atoms with Crippen molar-refractivity contribution < 1.29 is 3.79 Å². The molecule has 0 aromatic heterocycles. The van der Waals surface area contributed by atoms with Crippen LogP contribution in [-0.2, 0) is 3.79 Å². The molecule has 1 saturated heterocycles. The van der Waals surface area contributed by atoms with Gasteiger partial charge in [-0.3, -0.25) is 0 Å². The van der Waals surface area contributed by atoms with Crippen molar-refractivity contribution in [3.8, 4) is 0 Å². The first kappa shape index (κ1) is 5.63. The van der Waals surface area contributed by atoms with Gasteiger partial charge >= 0.3 is 15.6 Å². The molecule has 39 valence electrons. The highest BCUT2D eigenvalue weighted by Gasteiger charge is 1.99. The molecule has 0 aromatic carbocycles. The molecule has 0 unspecified atom stereocenters. The molecule has 0 N–H and O–H groups in total. The summed E-state index contributed by atoms with van der Waals surface area (Å²) in [6.45, 7) is 1.04. The van der Waals surface area contributed by atoms with E-state index >= 15 is 0 Å². The molecule has 0 amide bonds. The molecule has 0 spiro atoms. The Morgan fingerprint density at radius 2 is 2.14 bits per heavy atom. The van der Waals surface area contributed by atoms with Gasteiger partial charge in [0.15, 0.2) is 0 Å². The van der Waals surface area contributed by atoms with E-state index in [-0.39, 0.29) is 0 Å². The predicted molar refractivity (Wildman–Crippen MR) is 30.4 cm³/mol. The van der Waals surface area contributed by atoms with Crippen LogP contribution in [0.1, 0.15) is 19.3 Å². The molecule has 0 saturated carbocycles. The molecule has 2 heteroatoms. The minimum Gasteiger partial charge on any atom is -0.507 e. The van der Waals surface area contributed by atoms with Gasteiger partial charge in [0.1, 0.15) is 0 Å². The van der Waals surface area contributed by atoms with Crippen LogP contribution in [0.5, 0.6) is 0 Å². The second-order valence-corrected chi connectivity index (χ2v) is 3.13. The van der Waals surface area contributed by atoms with E-state index in [1.165, 1.54) is 24.5 Å². The van der Waals surface area contributed by atoms with Crippen LogP contribution < -0.4 is 0 Å². The second kappa shape index (κ2) is 3.49. The first-order valence-corrected chi connectivity index (χ1v) is 4.22. The Balaban J connectivity index is 2.04. The zero-order valence-corrected chi connectivity index (χ0v) is 5.68. The van der Waals surface area contributed by atoms with Crippen molar-refractivity contribution in [2.75, 3.05) is 6.61 Å². The summed E-state index contributed by atoms with van der Waals surface area (Å²) in [5.41, 5.74) is 0. The third-order valence-corrected chi connectivity index (χ3v) is 2.32. The van der Waals surface area contributed by atoms with Gasteiger partial charge in [-0.2, -0.15) is 0 Å². The molecule has 0 bridgehead atoms. The van der Waals surface area contributed by atoms with E-state index in [0.717, 1.165) is 6.61 Å². The quantitative estimate of drug-likeness (QED) is 0.429. The number of hydrogen-bond acceptors (Lipinski definition) is 1. The Hall–Kier alpha value is 0.492. The van der Waals surface area contributed by atoms with Gasteiger partial charge in [0, 0.05) is 6.61 Å². The maximum Gasteiger partial charge on any atom is 0.423 e. The van der Waals surface area contributed by atoms with Crippen molar-refractivity contribution in [2.24, 2.45) is 0 Å². The van der Waals surface area contributed by atoms with Crippen LogP contribution in [0, 0.1) is 0 Å². The summed E-state index contributed by atoms with van der Waals surface area (Å²) in [5, 5.41) is 1.36. The normalized spacial score (nSPS) is 22.9. The first-order valence-electron chi connectivity index (χ1n) is 2.93. The SMILES string of the molecule is C1CC[O][Al][CH2]C1. The zero-order chi connectivity index (χ0) is 4.95. The summed E-state index contributed by atoms with van der Waals surface area (Å²) < 4.78 is 5.28. The molecule has 1 radical (unpaired) electrons. The van der Waals surface area contributed by atoms with Gasteiger partial charge in [-0.1, -0.05) is 18.1 Å². The molecule has 1 aliphatic rings. The minimum atomic E-state index is 0.384. The van der Waals surface area contributed by atoms with Crippen LogP contribution >= 0.6 is 0 Å². The molecule has 0 aromatic rings. The highest BCUT2D eigenvalue weighted by molar-refractivity contribution is 6.27. The minimum absolute atomic E-state index is 0.384. The van der Waals surface area contributed by atoms with Gasteiger partial charge in [-0.05, 0) is 6.42 Å². The lowest BCUT2D eigenvalue weighted by Crippen LogP contribution is -1.93. The molecule has 1 nitrogen and oxygen atoms in total. The van der Waals surface area contributed by atoms with E-state index in [1.54, 1.807) is 0 Å². The largest absolute Gasteiger partial charge is 0.507 e. The molecule has 7 heavy (non-hydrogen) atoms. The molecular formula is C5H10AlO. The van der Waals surface area contributed by atoms with E-state index < -0.39 is 0 Å². The first-order chi connectivity index (χ1) is 3.50. The summed E-state index contributed by atoms with van der Waals surface area (Å²) in [5.74, 6) is 0. The van der Waals surface area contributed by atoms with Gasteiger partial charge in [0.05, 0.1) is 0 Å². The molecule has 0 aliphatic carbocycles. The Kier molecular flexibility index (Phi) is 2.80. The van der Waals surface area contributed by atoms with Crippen LogP contribution in [0.2, 0.25) is 5.28 Å². The topological polar surface area (TPSA) is 9.23 Å². The fourth-order valence-corrected chi connectivity index (χ4v) is 1.71. The van der Waals surface area contributed by atoms with Gasteiger partial charge in [-0.25, -0.2) is 0 Å². The average Bonchev–Trinajstić information content (AvgIpc) is 1.90. The van der Waals surface area contributed by atoms with Gasteiger partial charge in [0.25, 0.3) is 0 Å². The lowest BCUT2D eigenvalue weighted by atomic mass is 10.3. The maximum absolute atomic E-state index is 5.28. The van der Waals surface area contributed by atoms with Crippen molar-refractivity contribution in [1.82, 2.24) is 0 Å². The molecule has 1 heterocycles. The van der Waals surface area contributed by atoms with Crippen LogP contribution in [0.15, 0.2) is 0 Å². The van der Waals surface area contributed by atoms with Gasteiger partial charge in [0.2, 0.25) is 0 Å². The lowest BCUT2D eigenvalue weighted by Gasteiger charge is -1.91. The Morgan fingerprint density at radius 3 is 3.14 bits per heavy atom. The molecule has 0 atom stereocenters. The average molecular weight is 113 g/mol. The fraction of sp³-hybridized carbons (Fsp3) is 1.00. The fourth-order valence-electron chi connectivity index (χ4n) is 0.757. The monoisotopic (exact) mass is 113 g/mol. The summed E-state index contributed by atoms with van der Waals surface area (Å²) in [7, 11) is 0.